The molecule has 0 spiro atoms. The third-order valence-electron chi connectivity index (χ3n) is 4.44. The van der Waals surface area contributed by atoms with Crippen molar-refractivity contribution in [1.29, 1.82) is 0 Å². The fourth-order valence-corrected chi connectivity index (χ4v) is 3.35. The van der Waals surface area contributed by atoms with Gasteiger partial charge >= 0.3 is 0 Å². The Morgan fingerprint density at radius 3 is 2.77 bits per heavy atom. The van der Waals surface area contributed by atoms with Crippen molar-refractivity contribution in [2.24, 2.45) is 0 Å². The van der Waals surface area contributed by atoms with E-state index in [-0.39, 0.29) is 6.79 Å². The Kier molecular flexibility index (Phi) is 3.29. The number of nitrogens with zero attached hydrogens (tertiary/aromatic N) is 3. The van der Waals surface area contributed by atoms with Crippen LogP contribution in [0.15, 0.2) is 18.2 Å². The molecule has 1 aromatic carbocycles. The van der Waals surface area contributed by atoms with Crippen molar-refractivity contribution in [3.63, 3.8) is 0 Å². The van der Waals surface area contributed by atoms with Crippen LogP contribution in [0.1, 0.15) is 54.2 Å². The Morgan fingerprint density at radius 2 is 1.95 bits per heavy atom. The molecule has 4 rings (SSSR count). The number of hydrogen-bond acceptors (Lipinski definition) is 5. The lowest BCUT2D eigenvalue weighted by Gasteiger charge is -2.22. The first kappa shape index (κ1) is 13.3. The predicted molar refractivity (Wildman–Crippen MR) is 78.7 cm³/mol. The van der Waals surface area contributed by atoms with Gasteiger partial charge in [-0.1, -0.05) is 24.5 Å². The van der Waals surface area contributed by atoms with Gasteiger partial charge in [-0.3, -0.25) is 4.79 Å². The molecule has 1 aliphatic heterocycles. The zero-order valence-electron chi connectivity index (χ0n) is 12.2. The third kappa shape index (κ3) is 2.15. The zero-order chi connectivity index (χ0) is 14.9. The number of rotatable bonds is 3. The Bertz CT molecular complexity index is 705. The van der Waals surface area contributed by atoms with Crippen LogP contribution in [0.3, 0.4) is 0 Å². The minimum Gasteiger partial charge on any atom is -0.454 e. The molecule has 1 fully saturated rings. The minimum atomic E-state index is 0.241. The molecule has 1 aromatic heterocycles. The van der Waals surface area contributed by atoms with E-state index in [0.29, 0.717) is 17.4 Å². The highest BCUT2D eigenvalue weighted by molar-refractivity contribution is 5.74. The van der Waals surface area contributed by atoms with E-state index in [0.717, 1.165) is 36.3 Å². The van der Waals surface area contributed by atoms with E-state index < -0.39 is 0 Å². The number of carbonyl (C=O) groups excluding carboxylic acids is 1. The minimum absolute atomic E-state index is 0.241. The highest BCUT2D eigenvalue weighted by atomic mass is 16.7. The van der Waals surface area contributed by atoms with Gasteiger partial charge in [0.25, 0.3) is 0 Å². The Morgan fingerprint density at radius 1 is 1.14 bits per heavy atom. The average Bonchev–Trinajstić information content (AvgIpc) is 3.21. The van der Waals surface area contributed by atoms with Crippen LogP contribution in [0.25, 0.3) is 5.69 Å². The monoisotopic (exact) mass is 299 g/mol. The highest BCUT2D eigenvalue weighted by Gasteiger charge is 2.25. The summed E-state index contributed by atoms with van der Waals surface area (Å²) < 4.78 is 12.5. The van der Waals surface area contributed by atoms with Gasteiger partial charge < -0.3 is 9.47 Å². The highest BCUT2D eigenvalue weighted by Crippen LogP contribution is 2.37. The van der Waals surface area contributed by atoms with Crippen molar-refractivity contribution in [2.45, 2.75) is 38.0 Å². The molecule has 2 aliphatic rings. The van der Waals surface area contributed by atoms with E-state index in [1.165, 1.54) is 19.3 Å². The Hall–Kier alpha value is -2.37. The molecule has 2 heterocycles. The van der Waals surface area contributed by atoms with E-state index in [4.69, 9.17) is 9.47 Å². The molecule has 2 aromatic rings. The molecule has 1 aliphatic carbocycles. The molecule has 1 saturated carbocycles. The Labute approximate surface area is 128 Å². The van der Waals surface area contributed by atoms with Crippen LogP contribution in [0.4, 0.5) is 0 Å². The molecule has 0 unspecified atom stereocenters. The number of aromatic nitrogens is 3. The first-order valence-corrected chi connectivity index (χ1v) is 7.67. The first-order chi connectivity index (χ1) is 10.9. The molecular formula is C16H17N3O3. The number of hydrogen-bond donors (Lipinski definition) is 0. The van der Waals surface area contributed by atoms with Crippen LogP contribution in [0.2, 0.25) is 0 Å². The largest absolute Gasteiger partial charge is 0.454 e. The molecule has 6 nitrogen and oxygen atoms in total. The Balaban J connectivity index is 1.78. The summed E-state index contributed by atoms with van der Waals surface area (Å²) in [5.74, 6) is 1.78. The molecule has 0 saturated heterocycles. The van der Waals surface area contributed by atoms with E-state index in [1.807, 2.05) is 18.2 Å². The van der Waals surface area contributed by atoms with Crippen LogP contribution in [0, 0.1) is 0 Å². The van der Waals surface area contributed by atoms with Crippen LogP contribution >= 0.6 is 0 Å². The summed E-state index contributed by atoms with van der Waals surface area (Å²) in [6.07, 6.45) is 6.61. The van der Waals surface area contributed by atoms with E-state index in [1.54, 1.807) is 4.68 Å². The van der Waals surface area contributed by atoms with Gasteiger partial charge in [0.05, 0.1) is 11.4 Å². The molecule has 0 radical (unpaired) electrons. The van der Waals surface area contributed by atoms with Crippen molar-refractivity contribution in [3.05, 3.63) is 29.6 Å². The summed E-state index contributed by atoms with van der Waals surface area (Å²) in [6.45, 7) is 0.241. The summed E-state index contributed by atoms with van der Waals surface area (Å²) in [7, 11) is 0. The summed E-state index contributed by atoms with van der Waals surface area (Å²) in [4.78, 5) is 11.3. The molecule has 22 heavy (non-hydrogen) atoms. The lowest BCUT2D eigenvalue weighted by Crippen LogP contribution is -2.12. The lowest BCUT2D eigenvalue weighted by molar-refractivity contribution is 0.111. The standard InChI is InChI=1S/C16H17N3O3/c20-9-13-16(11-4-2-1-3-5-11)19(18-17-13)12-6-7-14-15(8-12)22-10-21-14/h6-9,11H,1-5,10H2. The van der Waals surface area contributed by atoms with Gasteiger partial charge in [-0.25, -0.2) is 4.68 Å². The molecule has 6 heteroatoms. The van der Waals surface area contributed by atoms with E-state index in [9.17, 15) is 4.79 Å². The van der Waals surface area contributed by atoms with Crippen molar-refractivity contribution in [3.8, 4) is 17.2 Å². The normalized spacial score (nSPS) is 17.6. The molecule has 0 bridgehead atoms. The summed E-state index contributed by atoms with van der Waals surface area (Å²) in [5, 5.41) is 8.25. The van der Waals surface area contributed by atoms with Crippen molar-refractivity contribution in [1.82, 2.24) is 15.0 Å². The van der Waals surface area contributed by atoms with Crippen molar-refractivity contribution < 1.29 is 14.3 Å². The van der Waals surface area contributed by atoms with Gasteiger partial charge in [-0.15, -0.1) is 5.10 Å². The van der Waals surface area contributed by atoms with Crippen LogP contribution in [-0.4, -0.2) is 28.1 Å². The van der Waals surface area contributed by atoms with Gasteiger partial charge in [0, 0.05) is 12.0 Å². The third-order valence-corrected chi connectivity index (χ3v) is 4.44. The molecule has 0 atom stereocenters. The number of ether oxygens (including phenoxy) is 2. The topological polar surface area (TPSA) is 66.2 Å². The van der Waals surface area contributed by atoms with Gasteiger partial charge in [0.15, 0.2) is 17.8 Å². The second-order valence-corrected chi connectivity index (χ2v) is 5.76. The maximum atomic E-state index is 11.3. The van der Waals surface area contributed by atoms with Gasteiger partial charge in [-0.2, -0.15) is 0 Å². The van der Waals surface area contributed by atoms with Crippen LogP contribution in [0.5, 0.6) is 11.5 Å². The second kappa shape index (κ2) is 5.44. The van der Waals surface area contributed by atoms with Gasteiger partial charge in [-0.05, 0) is 25.0 Å². The smallest absolute Gasteiger partial charge is 0.231 e. The number of carbonyl (C=O) groups is 1. The quantitative estimate of drug-likeness (QED) is 0.815. The second-order valence-electron chi connectivity index (χ2n) is 5.76. The summed E-state index contributed by atoms with van der Waals surface area (Å²) in [6, 6.07) is 5.67. The SMILES string of the molecule is O=Cc1nnn(-c2ccc3c(c2)OCO3)c1C1CCCCC1. The predicted octanol–water partition coefficient (Wildman–Crippen LogP) is 2.86. The molecular weight excluding hydrogens is 282 g/mol. The van der Waals surface area contributed by atoms with Crippen LogP contribution < -0.4 is 9.47 Å². The number of aldehydes is 1. The zero-order valence-corrected chi connectivity index (χ0v) is 12.2. The maximum absolute atomic E-state index is 11.3. The van der Waals surface area contributed by atoms with Crippen LogP contribution in [-0.2, 0) is 0 Å². The van der Waals surface area contributed by atoms with Gasteiger partial charge in [0.1, 0.15) is 5.69 Å². The maximum Gasteiger partial charge on any atom is 0.231 e. The first-order valence-electron chi connectivity index (χ1n) is 7.67. The molecule has 114 valence electrons. The van der Waals surface area contributed by atoms with Crippen molar-refractivity contribution >= 4 is 6.29 Å². The number of benzene rings is 1. The lowest BCUT2D eigenvalue weighted by atomic mass is 9.86. The summed E-state index contributed by atoms with van der Waals surface area (Å²) in [5.41, 5.74) is 2.23. The average molecular weight is 299 g/mol. The van der Waals surface area contributed by atoms with Crippen molar-refractivity contribution in [2.75, 3.05) is 6.79 Å². The molecule has 0 N–H and O–H groups in total. The molecule has 0 amide bonds. The van der Waals surface area contributed by atoms with Gasteiger partial charge in [0.2, 0.25) is 6.79 Å². The summed E-state index contributed by atoms with van der Waals surface area (Å²) >= 11 is 0. The van der Waals surface area contributed by atoms with E-state index in [2.05, 4.69) is 10.3 Å². The fourth-order valence-electron chi connectivity index (χ4n) is 3.35. The fraction of sp³-hybridized carbons (Fsp3) is 0.438. The van der Waals surface area contributed by atoms with E-state index >= 15 is 0 Å². The number of fused-ring (bicyclic) bond motifs is 1.